The van der Waals surface area contributed by atoms with E-state index in [0.29, 0.717) is 10.8 Å². The highest BCUT2D eigenvalue weighted by Crippen LogP contribution is 2.20. The Bertz CT molecular complexity index is 732. The zero-order valence-corrected chi connectivity index (χ0v) is 15.0. The average molecular weight is 331 g/mol. The minimum Gasteiger partial charge on any atom is -0.207 e. The Kier molecular flexibility index (Phi) is 5.60. The van der Waals surface area contributed by atoms with Gasteiger partial charge in [-0.3, -0.25) is 0 Å². The van der Waals surface area contributed by atoms with Crippen LogP contribution in [-0.4, -0.2) is 8.42 Å². The minimum absolute atomic E-state index is 0.268. The molecule has 0 aliphatic rings. The van der Waals surface area contributed by atoms with Crippen molar-refractivity contribution in [1.29, 1.82) is 0 Å². The van der Waals surface area contributed by atoms with Crippen molar-refractivity contribution in [2.75, 3.05) is 0 Å². The van der Waals surface area contributed by atoms with Crippen LogP contribution in [0.4, 0.5) is 0 Å². The van der Waals surface area contributed by atoms with E-state index in [2.05, 4.69) is 25.5 Å². The van der Waals surface area contributed by atoms with Crippen LogP contribution >= 0.6 is 0 Å². The Balaban J connectivity index is 2.15. The molecule has 2 rings (SSSR count). The SMILES string of the molecule is CCc1ccc(C(C)NS(=O)(=O)c2ccc(C(C)C)cc2)cc1. The lowest BCUT2D eigenvalue weighted by Gasteiger charge is -2.15. The molecule has 0 aliphatic heterocycles. The standard InChI is InChI=1S/C19H25NO2S/c1-5-16-6-8-18(9-7-16)15(4)20-23(21,22)19-12-10-17(11-13-19)14(2)3/h6-15,20H,5H2,1-4H3. The van der Waals surface area contributed by atoms with Gasteiger partial charge in [0.15, 0.2) is 0 Å². The Morgan fingerprint density at radius 1 is 0.870 bits per heavy atom. The van der Waals surface area contributed by atoms with Gasteiger partial charge in [-0.15, -0.1) is 0 Å². The summed E-state index contributed by atoms with van der Waals surface area (Å²) in [4.78, 5) is 0.305. The van der Waals surface area contributed by atoms with Crippen LogP contribution in [0.25, 0.3) is 0 Å². The molecule has 23 heavy (non-hydrogen) atoms. The van der Waals surface area contributed by atoms with E-state index in [9.17, 15) is 8.42 Å². The topological polar surface area (TPSA) is 46.2 Å². The first-order valence-corrected chi connectivity index (χ1v) is 9.53. The summed E-state index contributed by atoms with van der Waals surface area (Å²) in [5, 5.41) is 0. The number of hydrogen-bond acceptors (Lipinski definition) is 2. The Morgan fingerprint density at radius 3 is 1.87 bits per heavy atom. The molecule has 0 heterocycles. The lowest BCUT2D eigenvalue weighted by Crippen LogP contribution is -2.26. The van der Waals surface area contributed by atoms with Gasteiger partial charge < -0.3 is 0 Å². The second-order valence-electron chi connectivity index (χ2n) is 6.16. The lowest BCUT2D eigenvalue weighted by atomic mass is 10.0. The number of rotatable bonds is 6. The van der Waals surface area contributed by atoms with Gasteiger partial charge in [0, 0.05) is 6.04 Å². The highest BCUT2D eigenvalue weighted by Gasteiger charge is 2.18. The molecule has 3 nitrogen and oxygen atoms in total. The van der Waals surface area contributed by atoms with E-state index in [1.165, 1.54) is 5.56 Å². The maximum Gasteiger partial charge on any atom is 0.241 e. The van der Waals surface area contributed by atoms with Crippen LogP contribution in [0.15, 0.2) is 53.4 Å². The summed E-state index contributed by atoms with van der Waals surface area (Å²) < 4.78 is 27.8. The van der Waals surface area contributed by atoms with Gasteiger partial charge in [0.2, 0.25) is 10.0 Å². The van der Waals surface area contributed by atoms with E-state index in [1.807, 2.05) is 43.3 Å². The molecule has 0 saturated heterocycles. The predicted octanol–water partition coefficient (Wildman–Crippen LogP) is 4.41. The third-order valence-electron chi connectivity index (χ3n) is 4.08. The van der Waals surface area contributed by atoms with E-state index in [1.54, 1.807) is 12.1 Å². The molecular weight excluding hydrogens is 306 g/mol. The Labute approximate surface area is 139 Å². The summed E-state index contributed by atoms with van der Waals surface area (Å²) in [6.07, 6.45) is 0.975. The second-order valence-corrected chi connectivity index (χ2v) is 7.88. The maximum absolute atomic E-state index is 12.5. The summed E-state index contributed by atoms with van der Waals surface area (Å²) in [5.74, 6) is 0.385. The molecule has 0 bridgehead atoms. The van der Waals surface area contributed by atoms with E-state index >= 15 is 0 Å². The second kappa shape index (κ2) is 7.28. The molecule has 1 N–H and O–H groups in total. The van der Waals surface area contributed by atoms with Crippen molar-refractivity contribution >= 4 is 10.0 Å². The fraction of sp³-hybridized carbons (Fsp3) is 0.368. The molecule has 0 radical (unpaired) electrons. The molecule has 0 aliphatic carbocycles. The zero-order chi connectivity index (χ0) is 17.0. The van der Waals surface area contributed by atoms with Gasteiger partial charge in [0.25, 0.3) is 0 Å². The van der Waals surface area contributed by atoms with Gasteiger partial charge in [-0.25, -0.2) is 13.1 Å². The number of aryl methyl sites for hydroxylation is 1. The van der Waals surface area contributed by atoms with Crippen LogP contribution in [0.3, 0.4) is 0 Å². The maximum atomic E-state index is 12.5. The average Bonchev–Trinajstić information content (AvgIpc) is 2.54. The predicted molar refractivity (Wildman–Crippen MR) is 95.1 cm³/mol. The molecule has 4 heteroatoms. The van der Waals surface area contributed by atoms with Crippen molar-refractivity contribution in [3.63, 3.8) is 0 Å². The van der Waals surface area contributed by atoms with Gasteiger partial charge in [-0.2, -0.15) is 0 Å². The molecule has 0 fully saturated rings. The molecule has 0 saturated carbocycles. The van der Waals surface area contributed by atoms with Crippen LogP contribution in [0, 0.1) is 0 Å². The fourth-order valence-electron chi connectivity index (χ4n) is 2.44. The monoisotopic (exact) mass is 331 g/mol. The van der Waals surface area contributed by atoms with E-state index in [-0.39, 0.29) is 6.04 Å². The summed E-state index contributed by atoms with van der Waals surface area (Å²) in [6, 6.07) is 14.9. The van der Waals surface area contributed by atoms with Crippen molar-refractivity contribution in [2.24, 2.45) is 0 Å². The lowest BCUT2D eigenvalue weighted by molar-refractivity contribution is 0.567. The molecule has 2 aromatic rings. The molecule has 0 spiro atoms. The van der Waals surface area contributed by atoms with Crippen molar-refractivity contribution in [1.82, 2.24) is 4.72 Å². The third-order valence-corrected chi connectivity index (χ3v) is 5.63. The van der Waals surface area contributed by atoms with Crippen LogP contribution in [0.2, 0.25) is 0 Å². The minimum atomic E-state index is -3.52. The third kappa shape index (κ3) is 4.43. The quantitative estimate of drug-likeness (QED) is 0.852. The number of benzene rings is 2. The molecular formula is C19H25NO2S. The van der Waals surface area contributed by atoms with Crippen LogP contribution in [0.5, 0.6) is 0 Å². The normalized spacial score (nSPS) is 13.3. The molecule has 0 aromatic heterocycles. The van der Waals surface area contributed by atoms with Crippen molar-refractivity contribution < 1.29 is 8.42 Å². The number of hydrogen-bond donors (Lipinski definition) is 1. The molecule has 1 atom stereocenters. The first-order valence-electron chi connectivity index (χ1n) is 8.04. The van der Waals surface area contributed by atoms with Gasteiger partial charge in [-0.1, -0.05) is 57.2 Å². The van der Waals surface area contributed by atoms with Crippen molar-refractivity contribution in [3.05, 3.63) is 65.2 Å². The summed E-state index contributed by atoms with van der Waals surface area (Å²) in [6.45, 7) is 8.14. The molecule has 1 unspecified atom stereocenters. The number of sulfonamides is 1. The number of nitrogens with one attached hydrogen (secondary N) is 1. The fourth-order valence-corrected chi connectivity index (χ4v) is 3.67. The first-order chi connectivity index (χ1) is 10.8. The molecule has 2 aromatic carbocycles. The van der Waals surface area contributed by atoms with E-state index in [4.69, 9.17) is 0 Å². The summed E-state index contributed by atoms with van der Waals surface area (Å²) in [5.41, 5.74) is 3.34. The summed E-state index contributed by atoms with van der Waals surface area (Å²) >= 11 is 0. The van der Waals surface area contributed by atoms with Gasteiger partial charge in [0.1, 0.15) is 0 Å². The first kappa shape index (κ1) is 17.7. The Hall–Kier alpha value is -1.65. The highest BCUT2D eigenvalue weighted by atomic mass is 32.2. The van der Waals surface area contributed by atoms with E-state index in [0.717, 1.165) is 17.5 Å². The largest absolute Gasteiger partial charge is 0.241 e. The summed E-state index contributed by atoms with van der Waals surface area (Å²) in [7, 11) is -3.52. The zero-order valence-electron chi connectivity index (χ0n) is 14.2. The smallest absolute Gasteiger partial charge is 0.207 e. The van der Waals surface area contributed by atoms with Crippen molar-refractivity contribution in [3.8, 4) is 0 Å². The van der Waals surface area contributed by atoms with Gasteiger partial charge in [-0.05, 0) is 48.1 Å². The highest BCUT2D eigenvalue weighted by molar-refractivity contribution is 7.89. The van der Waals surface area contributed by atoms with Crippen LogP contribution in [-0.2, 0) is 16.4 Å². The van der Waals surface area contributed by atoms with Gasteiger partial charge >= 0.3 is 0 Å². The molecule has 0 amide bonds. The molecule has 124 valence electrons. The van der Waals surface area contributed by atoms with Crippen molar-refractivity contribution in [2.45, 2.75) is 51.0 Å². The van der Waals surface area contributed by atoms with Crippen LogP contribution in [0.1, 0.15) is 56.3 Å². The van der Waals surface area contributed by atoms with E-state index < -0.39 is 10.0 Å². The van der Waals surface area contributed by atoms with Gasteiger partial charge in [0.05, 0.1) is 4.90 Å². The Morgan fingerprint density at radius 2 is 1.39 bits per heavy atom. The van der Waals surface area contributed by atoms with Crippen LogP contribution < -0.4 is 4.72 Å².